The number of guanidine groups is 1. The van der Waals surface area contributed by atoms with Crippen molar-refractivity contribution in [2.24, 2.45) is 4.99 Å². The first kappa shape index (κ1) is 22.7. The Kier molecular flexibility index (Phi) is 9.27. The maximum Gasteiger partial charge on any atom is 0.224 e. The van der Waals surface area contributed by atoms with E-state index in [1.54, 1.807) is 12.1 Å². The molecule has 0 radical (unpaired) electrons. The van der Waals surface area contributed by atoms with Gasteiger partial charge in [-0.25, -0.2) is 4.39 Å². The third kappa shape index (κ3) is 6.22. The van der Waals surface area contributed by atoms with Gasteiger partial charge < -0.3 is 20.0 Å². The molecule has 0 unspecified atom stereocenters. The van der Waals surface area contributed by atoms with Gasteiger partial charge in [-0.2, -0.15) is 0 Å². The molecule has 1 N–H and O–H groups in total. The van der Waals surface area contributed by atoms with Gasteiger partial charge in [-0.15, -0.1) is 24.0 Å². The van der Waals surface area contributed by atoms with E-state index in [4.69, 9.17) is 0 Å². The Balaban J connectivity index is 0.00000280. The first-order valence-electron chi connectivity index (χ1n) is 9.99. The van der Waals surface area contributed by atoms with Crippen LogP contribution in [0.25, 0.3) is 0 Å². The van der Waals surface area contributed by atoms with Crippen LogP contribution >= 0.6 is 24.0 Å². The number of carbonyl (C=O) groups excluding carboxylic acids is 1. The van der Waals surface area contributed by atoms with Crippen LogP contribution in [-0.4, -0.2) is 74.0 Å². The SMILES string of the molecule is CCNC(=NCCC(=O)N1CCN(c2ccc(F)cc2)CC1)N1CCCC1.I. The Labute approximate surface area is 184 Å². The lowest BCUT2D eigenvalue weighted by Gasteiger charge is -2.36. The van der Waals surface area contributed by atoms with E-state index < -0.39 is 0 Å². The standard InChI is InChI=1S/C20H30FN5O.HI/c1-2-22-20(26-11-3-4-12-26)23-10-9-19(27)25-15-13-24(14-16-25)18-7-5-17(21)6-8-18;/h5-8H,2-4,9-16H2,1H3,(H,22,23);1H. The van der Waals surface area contributed by atoms with Gasteiger partial charge in [0.1, 0.15) is 5.82 Å². The molecule has 2 aliphatic heterocycles. The Morgan fingerprint density at radius 3 is 2.29 bits per heavy atom. The fraction of sp³-hybridized carbons (Fsp3) is 0.600. The third-order valence-electron chi connectivity index (χ3n) is 5.15. The average Bonchev–Trinajstić information content (AvgIpc) is 3.23. The maximum atomic E-state index is 13.1. The van der Waals surface area contributed by atoms with Crippen molar-refractivity contribution < 1.29 is 9.18 Å². The van der Waals surface area contributed by atoms with Crippen molar-refractivity contribution in [2.75, 3.05) is 57.3 Å². The van der Waals surface area contributed by atoms with Crippen molar-refractivity contribution in [3.05, 3.63) is 30.1 Å². The highest BCUT2D eigenvalue weighted by Crippen LogP contribution is 2.17. The first-order valence-corrected chi connectivity index (χ1v) is 9.99. The van der Waals surface area contributed by atoms with Crippen molar-refractivity contribution in [1.82, 2.24) is 15.1 Å². The Hall–Kier alpha value is -1.58. The molecule has 0 aromatic heterocycles. The minimum atomic E-state index is -0.223. The Bertz CT molecular complexity index is 641. The van der Waals surface area contributed by atoms with Gasteiger partial charge in [0.25, 0.3) is 0 Å². The number of benzene rings is 1. The summed E-state index contributed by atoms with van der Waals surface area (Å²) in [6, 6.07) is 6.55. The molecule has 1 amide bonds. The number of nitrogens with zero attached hydrogens (tertiary/aromatic N) is 4. The van der Waals surface area contributed by atoms with Crippen LogP contribution in [-0.2, 0) is 4.79 Å². The van der Waals surface area contributed by atoms with Gasteiger partial charge in [0.2, 0.25) is 5.91 Å². The summed E-state index contributed by atoms with van der Waals surface area (Å²) in [4.78, 5) is 23.5. The van der Waals surface area contributed by atoms with E-state index in [0.717, 1.165) is 44.4 Å². The van der Waals surface area contributed by atoms with Crippen molar-refractivity contribution in [2.45, 2.75) is 26.2 Å². The molecule has 1 aromatic carbocycles. The molecule has 2 fully saturated rings. The molecule has 0 aliphatic carbocycles. The summed E-state index contributed by atoms with van der Waals surface area (Å²) in [6.07, 6.45) is 2.86. The highest BCUT2D eigenvalue weighted by atomic mass is 127. The summed E-state index contributed by atoms with van der Waals surface area (Å²) in [5, 5.41) is 3.32. The second-order valence-corrected chi connectivity index (χ2v) is 7.02. The van der Waals surface area contributed by atoms with E-state index >= 15 is 0 Å². The second kappa shape index (κ2) is 11.4. The lowest BCUT2D eigenvalue weighted by atomic mass is 10.2. The van der Waals surface area contributed by atoms with Crippen molar-refractivity contribution >= 4 is 41.5 Å². The molecular weight excluding hydrogens is 472 g/mol. The van der Waals surface area contributed by atoms with Crippen molar-refractivity contribution in [1.29, 1.82) is 0 Å². The maximum absolute atomic E-state index is 13.1. The summed E-state index contributed by atoms with van der Waals surface area (Å²) in [5.41, 5.74) is 1.01. The van der Waals surface area contributed by atoms with E-state index in [9.17, 15) is 9.18 Å². The van der Waals surface area contributed by atoms with Gasteiger partial charge in [-0.3, -0.25) is 9.79 Å². The average molecular weight is 503 g/mol. The molecule has 0 bridgehead atoms. The lowest BCUT2D eigenvalue weighted by Crippen LogP contribution is -2.49. The van der Waals surface area contributed by atoms with Gasteiger partial charge in [0.05, 0.1) is 6.54 Å². The van der Waals surface area contributed by atoms with Crippen molar-refractivity contribution in [3.8, 4) is 0 Å². The number of halogens is 2. The predicted octanol–water partition coefficient (Wildman–Crippen LogP) is 2.54. The number of aliphatic imine (C=N–C) groups is 1. The highest BCUT2D eigenvalue weighted by Gasteiger charge is 2.21. The fourth-order valence-electron chi connectivity index (χ4n) is 3.64. The molecule has 2 aliphatic rings. The fourth-order valence-corrected chi connectivity index (χ4v) is 3.64. The molecule has 0 spiro atoms. The molecule has 3 rings (SSSR count). The Morgan fingerprint density at radius 1 is 1.04 bits per heavy atom. The molecule has 2 saturated heterocycles. The highest BCUT2D eigenvalue weighted by molar-refractivity contribution is 14.0. The van der Waals surface area contributed by atoms with E-state index in [1.165, 1.54) is 25.0 Å². The van der Waals surface area contributed by atoms with Gasteiger partial charge in [0, 0.05) is 57.9 Å². The topological polar surface area (TPSA) is 51.2 Å². The molecule has 2 heterocycles. The van der Waals surface area contributed by atoms with Crippen LogP contribution in [0.4, 0.5) is 10.1 Å². The number of rotatable bonds is 5. The molecule has 0 atom stereocenters. The van der Waals surface area contributed by atoms with Crippen LogP contribution in [0.3, 0.4) is 0 Å². The summed E-state index contributed by atoms with van der Waals surface area (Å²) in [5.74, 6) is 0.873. The zero-order chi connectivity index (χ0) is 19.1. The summed E-state index contributed by atoms with van der Waals surface area (Å²) in [6.45, 7) is 8.48. The number of hydrogen-bond donors (Lipinski definition) is 1. The minimum Gasteiger partial charge on any atom is -0.368 e. The molecule has 1 aromatic rings. The number of likely N-dealkylation sites (tertiary alicyclic amines) is 1. The van der Waals surface area contributed by atoms with Crippen LogP contribution < -0.4 is 10.2 Å². The number of hydrogen-bond acceptors (Lipinski definition) is 3. The van der Waals surface area contributed by atoms with E-state index in [1.807, 2.05) is 4.90 Å². The van der Waals surface area contributed by atoms with Crippen molar-refractivity contribution in [3.63, 3.8) is 0 Å². The van der Waals surface area contributed by atoms with Crippen LogP contribution in [0.1, 0.15) is 26.2 Å². The number of piperazine rings is 1. The van der Waals surface area contributed by atoms with Gasteiger partial charge in [0.15, 0.2) is 5.96 Å². The third-order valence-corrected chi connectivity index (χ3v) is 5.15. The van der Waals surface area contributed by atoms with E-state index in [-0.39, 0.29) is 35.7 Å². The van der Waals surface area contributed by atoms with Crippen LogP contribution in [0, 0.1) is 5.82 Å². The minimum absolute atomic E-state index is 0. The first-order chi connectivity index (χ1) is 13.2. The van der Waals surface area contributed by atoms with Crippen LogP contribution in [0.2, 0.25) is 0 Å². The molecular formula is C20H31FIN5O. The molecule has 0 saturated carbocycles. The summed E-state index contributed by atoms with van der Waals surface area (Å²) >= 11 is 0. The quantitative estimate of drug-likeness (QED) is 0.382. The summed E-state index contributed by atoms with van der Waals surface area (Å²) < 4.78 is 13.1. The van der Waals surface area contributed by atoms with E-state index in [2.05, 4.69) is 27.0 Å². The second-order valence-electron chi connectivity index (χ2n) is 7.02. The summed E-state index contributed by atoms with van der Waals surface area (Å²) in [7, 11) is 0. The van der Waals surface area contributed by atoms with E-state index in [0.29, 0.717) is 26.1 Å². The smallest absolute Gasteiger partial charge is 0.224 e. The van der Waals surface area contributed by atoms with Gasteiger partial charge in [-0.1, -0.05) is 0 Å². The molecule has 8 heteroatoms. The normalized spacial score (nSPS) is 17.5. The van der Waals surface area contributed by atoms with Crippen LogP contribution in [0.5, 0.6) is 0 Å². The molecule has 156 valence electrons. The van der Waals surface area contributed by atoms with Crippen LogP contribution in [0.15, 0.2) is 29.3 Å². The zero-order valence-electron chi connectivity index (χ0n) is 16.6. The molecule has 6 nitrogen and oxygen atoms in total. The van der Waals surface area contributed by atoms with Gasteiger partial charge in [-0.05, 0) is 44.0 Å². The molecule has 28 heavy (non-hydrogen) atoms. The number of nitrogens with one attached hydrogen (secondary N) is 1. The predicted molar refractivity (Wildman–Crippen MR) is 122 cm³/mol. The number of amides is 1. The number of carbonyl (C=O) groups is 1. The zero-order valence-corrected chi connectivity index (χ0v) is 18.9. The Morgan fingerprint density at radius 2 is 1.68 bits per heavy atom. The lowest BCUT2D eigenvalue weighted by molar-refractivity contribution is -0.131. The largest absolute Gasteiger partial charge is 0.368 e. The monoisotopic (exact) mass is 503 g/mol. The number of anilines is 1. The van der Waals surface area contributed by atoms with Gasteiger partial charge >= 0.3 is 0 Å².